The Morgan fingerprint density at radius 3 is 2.63 bits per heavy atom. The van der Waals surface area contributed by atoms with Gasteiger partial charge in [-0.05, 0) is 45.8 Å². The summed E-state index contributed by atoms with van der Waals surface area (Å²) in [6, 6.07) is 9.00. The number of methoxy groups -OCH3 is 1. The molecule has 3 heterocycles. The lowest BCUT2D eigenvalue weighted by Gasteiger charge is -2.36. The fourth-order valence-corrected chi connectivity index (χ4v) is 5.26. The second kappa shape index (κ2) is 8.27. The van der Waals surface area contributed by atoms with E-state index >= 15 is 0 Å². The van der Waals surface area contributed by atoms with Gasteiger partial charge < -0.3 is 29.6 Å². The highest BCUT2D eigenvalue weighted by molar-refractivity contribution is 6.18. The van der Waals surface area contributed by atoms with Crippen LogP contribution in [-0.4, -0.2) is 55.6 Å². The number of likely N-dealkylation sites (N-methyl/N-ethyl adjacent to an activating group) is 1. The fraction of sp³-hybridized carbons (Fsp3) is 0.423. The molecule has 3 aliphatic rings. The zero-order valence-electron chi connectivity index (χ0n) is 20.5. The van der Waals surface area contributed by atoms with Gasteiger partial charge >= 0.3 is 5.97 Å². The first-order chi connectivity index (χ1) is 16.7. The minimum absolute atomic E-state index is 0.104. The van der Waals surface area contributed by atoms with E-state index in [1.165, 1.54) is 7.11 Å². The van der Waals surface area contributed by atoms with Crippen molar-refractivity contribution < 1.29 is 19.1 Å². The Labute approximate surface area is 203 Å². The standard InChI is InChI=1S/C26H30N4O5/c1-15-13-19-20(23(31)29(15)12-11-28(2)3)26(21(22(27)35-19)24(32)34-4)17-7-5-6-8-18(17)30(25(26)33)14-16-9-10-16/h5-8,13,16H,9-12,14,27H2,1-4H3. The number of amides is 1. The van der Waals surface area contributed by atoms with Crippen molar-refractivity contribution in [1.82, 2.24) is 9.47 Å². The quantitative estimate of drug-likeness (QED) is 0.627. The number of fused-ring (bicyclic) bond motifs is 4. The monoisotopic (exact) mass is 478 g/mol. The minimum atomic E-state index is -1.75. The van der Waals surface area contributed by atoms with E-state index in [-0.39, 0.29) is 34.2 Å². The number of hydrogen-bond acceptors (Lipinski definition) is 7. The van der Waals surface area contributed by atoms with Gasteiger partial charge in [-0.2, -0.15) is 0 Å². The molecule has 1 unspecified atom stereocenters. The molecule has 5 rings (SSSR count). The molecule has 9 heteroatoms. The van der Waals surface area contributed by atoms with E-state index in [0.29, 0.717) is 42.5 Å². The number of hydrogen-bond donors (Lipinski definition) is 1. The Morgan fingerprint density at radius 2 is 1.97 bits per heavy atom. The molecule has 184 valence electrons. The number of carbonyl (C=O) groups is 2. The van der Waals surface area contributed by atoms with Crippen molar-refractivity contribution in [2.45, 2.75) is 31.7 Å². The van der Waals surface area contributed by atoms with Crippen LogP contribution in [0, 0.1) is 12.8 Å². The zero-order valence-corrected chi connectivity index (χ0v) is 20.5. The van der Waals surface area contributed by atoms with Crippen molar-refractivity contribution in [1.29, 1.82) is 0 Å². The third kappa shape index (κ3) is 3.36. The second-order valence-corrected chi connectivity index (χ2v) is 9.74. The smallest absolute Gasteiger partial charge is 0.340 e. The molecule has 1 saturated carbocycles. The van der Waals surface area contributed by atoms with Gasteiger partial charge in [0.2, 0.25) is 11.8 Å². The lowest BCUT2D eigenvalue weighted by molar-refractivity contribution is -0.138. The van der Waals surface area contributed by atoms with Crippen LogP contribution < -0.4 is 20.9 Å². The molecule has 0 bridgehead atoms. The number of aryl methyl sites for hydroxylation is 1. The van der Waals surface area contributed by atoms with Gasteiger partial charge in [-0.15, -0.1) is 0 Å². The van der Waals surface area contributed by atoms with Gasteiger partial charge in [0.15, 0.2) is 0 Å². The maximum Gasteiger partial charge on any atom is 0.340 e. The van der Waals surface area contributed by atoms with E-state index in [1.807, 2.05) is 38.1 Å². The van der Waals surface area contributed by atoms with Crippen LogP contribution in [0.15, 0.2) is 46.6 Å². The maximum absolute atomic E-state index is 14.5. The summed E-state index contributed by atoms with van der Waals surface area (Å²) in [5.41, 5.74) is 6.02. The number of nitrogens with two attached hydrogens (primary N) is 1. The van der Waals surface area contributed by atoms with Crippen LogP contribution in [0.1, 0.15) is 29.7 Å². The van der Waals surface area contributed by atoms with Gasteiger partial charge in [-0.3, -0.25) is 9.59 Å². The Balaban J connectivity index is 1.85. The number of para-hydroxylation sites is 1. The molecule has 9 nitrogen and oxygen atoms in total. The van der Waals surface area contributed by atoms with E-state index in [0.717, 1.165) is 12.8 Å². The van der Waals surface area contributed by atoms with Gasteiger partial charge in [0, 0.05) is 42.6 Å². The molecule has 2 aromatic rings. The molecule has 2 aliphatic heterocycles. The largest absolute Gasteiger partial charge is 0.465 e. The predicted octanol–water partition coefficient (Wildman–Crippen LogP) is 1.50. The van der Waals surface area contributed by atoms with Crippen molar-refractivity contribution in [3.8, 4) is 5.75 Å². The molecule has 1 amide bonds. The molecule has 1 aromatic carbocycles. The highest BCUT2D eigenvalue weighted by atomic mass is 16.5. The average molecular weight is 479 g/mol. The lowest BCUT2D eigenvalue weighted by Crippen LogP contribution is -2.52. The van der Waals surface area contributed by atoms with Crippen molar-refractivity contribution in [2.75, 3.05) is 39.2 Å². The van der Waals surface area contributed by atoms with E-state index in [2.05, 4.69) is 0 Å². The van der Waals surface area contributed by atoms with E-state index < -0.39 is 11.4 Å². The molecule has 1 aliphatic carbocycles. The summed E-state index contributed by atoms with van der Waals surface area (Å²) in [5, 5.41) is 0. The van der Waals surface area contributed by atoms with Gasteiger partial charge in [0.05, 0.1) is 12.7 Å². The summed E-state index contributed by atoms with van der Waals surface area (Å²) in [5.74, 6) is -0.831. The summed E-state index contributed by atoms with van der Waals surface area (Å²) in [7, 11) is 5.08. The number of esters is 1. The Bertz CT molecular complexity index is 1320. The van der Waals surface area contributed by atoms with E-state index in [9.17, 15) is 14.4 Å². The number of pyridine rings is 1. The summed E-state index contributed by atoms with van der Waals surface area (Å²) < 4.78 is 12.6. The van der Waals surface area contributed by atoms with Gasteiger partial charge in [-0.25, -0.2) is 4.79 Å². The van der Waals surface area contributed by atoms with Crippen LogP contribution >= 0.6 is 0 Å². The van der Waals surface area contributed by atoms with Crippen molar-refractivity contribution in [2.24, 2.45) is 11.7 Å². The minimum Gasteiger partial charge on any atom is -0.465 e. The maximum atomic E-state index is 14.5. The zero-order chi connectivity index (χ0) is 25.1. The average Bonchev–Trinajstić information content (AvgIpc) is 3.61. The molecule has 2 N–H and O–H groups in total. The first kappa shape index (κ1) is 23.2. The number of rotatable bonds is 6. The second-order valence-electron chi connectivity index (χ2n) is 9.74. The first-order valence-electron chi connectivity index (χ1n) is 11.8. The molecular formula is C26H30N4O5. The third-order valence-electron chi connectivity index (χ3n) is 7.15. The third-order valence-corrected chi connectivity index (χ3v) is 7.15. The summed E-state index contributed by atoms with van der Waals surface area (Å²) in [6.07, 6.45) is 2.08. The van der Waals surface area contributed by atoms with Crippen LogP contribution in [0.5, 0.6) is 5.75 Å². The number of carbonyl (C=O) groups excluding carboxylic acids is 2. The topological polar surface area (TPSA) is 107 Å². The fourth-order valence-electron chi connectivity index (χ4n) is 5.26. The number of ether oxygens (including phenoxy) is 2. The number of anilines is 1. The highest BCUT2D eigenvalue weighted by Crippen LogP contribution is 2.55. The van der Waals surface area contributed by atoms with E-state index in [4.69, 9.17) is 15.2 Å². The Morgan fingerprint density at radius 1 is 1.26 bits per heavy atom. The van der Waals surface area contributed by atoms with Gasteiger partial charge in [-0.1, -0.05) is 18.2 Å². The summed E-state index contributed by atoms with van der Waals surface area (Å²) in [6.45, 7) is 3.36. The predicted molar refractivity (Wildman–Crippen MR) is 130 cm³/mol. The van der Waals surface area contributed by atoms with Crippen molar-refractivity contribution >= 4 is 17.6 Å². The first-order valence-corrected chi connectivity index (χ1v) is 11.8. The van der Waals surface area contributed by atoms with Crippen LogP contribution in [0.4, 0.5) is 5.69 Å². The molecule has 1 spiro atoms. The lowest BCUT2D eigenvalue weighted by atomic mass is 9.68. The van der Waals surface area contributed by atoms with Crippen LogP contribution in [0.3, 0.4) is 0 Å². The molecule has 0 radical (unpaired) electrons. The number of benzene rings is 1. The molecule has 0 saturated heterocycles. The van der Waals surface area contributed by atoms with Crippen molar-refractivity contribution in [3.05, 3.63) is 69.0 Å². The molecular weight excluding hydrogens is 448 g/mol. The van der Waals surface area contributed by atoms with Crippen LogP contribution in [-0.2, 0) is 26.3 Å². The van der Waals surface area contributed by atoms with Gasteiger partial charge in [0.1, 0.15) is 16.7 Å². The Hall–Kier alpha value is -3.59. The number of nitrogens with zero attached hydrogens (tertiary/aromatic N) is 3. The molecule has 1 atom stereocenters. The van der Waals surface area contributed by atoms with Gasteiger partial charge in [0.25, 0.3) is 5.56 Å². The Kier molecular flexibility index (Phi) is 5.47. The van der Waals surface area contributed by atoms with E-state index in [1.54, 1.807) is 27.7 Å². The van der Waals surface area contributed by atoms with Crippen LogP contribution in [0.2, 0.25) is 0 Å². The van der Waals surface area contributed by atoms with Crippen LogP contribution in [0.25, 0.3) is 0 Å². The SMILES string of the molecule is COC(=O)C1=C(N)Oc2cc(C)n(CCN(C)C)c(=O)c2C12C(=O)N(CC1CC1)c1ccccc12. The summed E-state index contributed by atoms with van der Waals surface area (Å²) >= 11 is 0. The normalized spacial score (nSPS) is 20.8. The summed E-state index contributed by atoms with van der Waals surface area (Å²) in [4.78, 5) is 45.5. The molecule has 1 aromatic heterocycles. The number of aromatic nitrogens is 1. The highest BCUT2D eigenvalue weighted by Gasteiger charge is 2.62. The van der Waals surface area contributed by atoms with Crippen molar-refractivity contribution in [3.63, 3.8) is 0 Å². The molecule has 35 heavy (non-hydrogen) atoms. The molecule has 1 fully saturated rings.